The molecule has 3 aromatic rings. The van der Waals surface area contributed by atoms with Crippen LogP contribution in [0.2, 0.25) is 0 Å². The number of nitrogens with zero attached hydrogens (tertiary/aromatic N) is 3. The Hall–Kier alpha value is -3.49. The number of rotatable bonds is 5. The van der Waals surface area contributed by atoms with Crippen LogP contribution in [-0.2, 0) is 9.53 Å². The molecule has 0 radical (unpaired) electrons. The minimum Gasteiger partial charge on any atom is -0.465 e. The van der Waals surface area contributed by atoms with E-state index in [1.54, 1.807) is 11.4 Å². The number of hydrogen-bond acceptors (Lipinski definition) is 5. The number of aromatic nitrogens is 2. The Labute approximate surface area is 178 Å². The average molecular weight is 430 g/mol. The van der Waals surface area contributed by atoms with E-state index in [-0.39, 0.29) is 12.5 Å². The van der Waals surface area contributed by atoms with Gasteiger partial charge in [-0.2, -0.15) is 5.10 Å². The molecule has 1 N–H and O–H groups in total. The number of pyridine rings is 1. The van der Waals surface area contributed by atoms with Crippen LogP contribution in [-0.4, -0.2) is 47.7 Å². The first-order chi connectivity index (χ1) is 15.0. The third kappa shape index (κ3) is 6.00. The van der Waals surface area contributed by atoms with Crippen molar-refractivity contribution in [1.29, 1.82) is 0 Å². The fourth-order valence-corrected chi connectivity index (χ4v) is 3.21. The van der Waals surface area contributed by atoms with E-state index in [4.69, 9.17) is 4.74 Å². The third-order valence-electron chi connectivity index (χ3n) is 4.72. The number of benzene rings is 1. The molecule has 9 heteroatoms. The van der Waals surface area contributed by atoms with E-state index in [0.717, 1.165) is 48.6 Å². The summed E-state index contributed by atoms with van der Waals surface area (Å²) in [7, 11) is 0. The fourth-order valence-electron chi connectivity index (χ4n) is 3.21. The highest BCUT2D eigenvalue weighted by Crippen LogP contribution is 2.23. The van der Waals surface area contributed by atoms with Crippen LogP contribution in [0, 0.1) is 11.6 Å². The third-order valence-corrected chi connectivity index (χ3v) is 4.72. The number of carbonyl (C=O) groups is 2. The van der Waals surface area contributed by atoms with Gasteiger partial charge in [0.2, 0.25) is 0 Å². The zero-order chi connectivity index (χ0) is 22.2. The lowest BCUT2D eigenvalue weighted by molar-refractivity contribution is -0.141. The lowest BCUT2D eigenvalue weighted by Crippen LogP contribution is -2.30. The molecule has 164 valence electrons. The van der Waals surface area contributed by atoms with E-state index in [2.05, 4.69) is 15.3 Å². The van der Waals surface area contributed by atoms with Crippen molar-refractivity contribution in [3.05, 3.63) is 66.0 Å². The molecular formula is C22H24F2N4O3. The Morgan fingerprint density at radius 1 is 1.10 bits per heavy atom. The number of hydrogen-bond donors (Lipinski definition) is 1. The van der Waals surface area contributed by atoms with Crippen LogP contribution in [0.1, 0.15) is 30.1 Å². The first-order valence-electron chi connectivity index (χ1n) is 10.0. The summed E-state index contributed by atoms with van der Waals surface area (Å²) in [6.07, 6.45) is 5.75. The van der Waals surface area contributed by atoms with Gasteiger partial charge in [0.1, 0.15) is 18.2 Å². The first kappa shape index (κ1) is 22.2. The number of halogens is 2. The van der Waals surface area contributed by atoms with E-state index in [1.165, 1.54) is 19.0 Å². The molecule has 0 aliphatic carbocycles. The molecule has 0 atom stereocenters. The summed E-state index contributed by atoms with van der Waals surface area (Å²) in [5.74, 6) is -1.60. The summed E-state index contributed by atoms with van der Waals surface area (Å²) in [6.45, 7) is 3.95. The summed E-state index contributed by atoms with van der Waals surface area (Å²) >= 11 is 0. The molecule has 1 aliphatic heterocycles. The van der Waals surface area contributed by atoms with Crippen molar-refractivity contribution in [1.82, 2.24) is 14.9 Å². The van der Waals surface area contributed by atoms with E-state index < -0.39 is 17.6 Å². The quantitative estimate of drug-likeness (QED) is 0.630. The summed E-state index contributed by atoms with van der Waals surface area (Å²) in [6, 6.07) is 8.29. The Morgan fingerprint density at radius 2 is 1.74 bits per heavy atom. The summed E-state index contributed by atoms with van der Waals surface area (Å²) < 4.78 is 30.3. The molecule has 1 aliphatic rings. The van der Waals surface area contributed by atoms with Gasteiger partial charge in [-0.25, -0.2) is 13.3 Å². The second kappa shape index (κ2) is 10.5. The molecule has 0 bridgehead atoms. The zero-order valence-corrected chi connectivity index (χ0v) is 17.2. The van der Waals surface area contributed by atoms with Gasteiger partial charge in [-0.05, 0) is 56.2 Å². The summed E-state index contributed by atoms with van der Waals surface area (Å²) in [5, 5.41) is 6.76. The van der Waals surface area contributed by atoms with Gasteiger partial charge < -0.3 is 15.0 Å². The van der Waals surface area contributed by atoms with Crippen LogP contribution in [0.25, 0.3) is 5.52 Å². The maximum absolute atomic E-state index is 12.3. The predicted octanol–water partition coefficient (Wildman–Crippen LogP) is 3.19. The zero-order valence-electron chi connectivity index (χ0n) is 17.2. The van der Waals surface area contributed by atoms with Crippen LogP contribution >= 0.6 is 0 Å². The SMILES string of the molecule is CCOC(=O)CNC(=O)c1cnn2ccc(N3CCCC3)cc12.Fc1ccc(F)cc1. The summed E-state index contributed by atoms with van der Waals surface area (Å²) in [5.41, 5.74) is 2.28. The van der Waals surface area contributed by atoms with Gasteiger partial charge in [-0.15, -0.1) is 0 Å². The lowest BCUT2D eigenvalue weighted by atomic mass is 10.2. The van der Waals surface area contributed by atoms with Gasteiger partial charge >= 0.3 is 5.97 Å². The van der Waals surface area contributed by atoms with Crippen LogP contribution in [0.15, 0.2) is 48.8 Å². The molecular weight excluding hydrogens is 406 g/mol. The molecule has 1 saturated heterocycles. The van der Waals surface area contributed by atoms with Crippen LogP contribution in [0.5, 0.6) is 0 Å². The average Bonchev–Trinajstić information content (AvgIpc) is 3.44. The number of fused-ring (bicyclic) bond motifs is 1. The molecule has 7 nitrogen and oxygen atoms in total. The van der Waals surface area contributed by atoms with Crippen molar-refractivity contribution in [2.24, 2.45) is 0 Å². The van der Waals surface area contributed by atoms with Gasteiger partial charge in [0, 0.05) is 25.0 Å². The topological polar surface area (TPSA) is 75.9 Å². The van der Waals surface area contributed by atoms with Gasteiger partial charge in [0.05, 0.1) is 23.9 Å². The molecule has 1 fully saturated rings. The fraction of sp³-hybridized carbons (Fsp3) is 0.318. The highest BCUT2D eigenvalue weighted by atomic mass is 19.1. The number of anilines is 1. The van der Waals surface area contributed by atoms with Gasteiger partial charge in [0.25, 0.3) is 5.91 Å². The molecule has 0 unspecified atom stereocenters. The van der Waals surface area contributed by atoms with E-state index in [9.17, 15) is 18.4 Å². The normalized spacial score (nSPS) is 12.9. The molecule has 3 heterocycles. The van der Waals surface area contributed by atoms with E-state index in [0.29, 0.717) is 12.2 Å². The molecule has 2 aromatic heterocycles. The Balaban J connectivity index is 0.000000287. The van der Waals surface area contributed by atoms with Crippen LogP contribution in [0.3, 0.4) is 0 Å². The maximum atomic E-state index is 12.3. The molecule has 0 spiro atoms. The van der Waals surface area contributed by atoms with Crippen molar-refractivity contribution < 1.29 is 23.1 Å². The molecule has 31 heavy (non-hydrogen) atoms. The first-order valence-corrected chi connectivity index (χ1v) is 10.0. The predicted molar refractivity (Wildman–Crippen MR) is 112 cm³/mol. The highest BCUT2D eigenvalue weighted by Gasteiger charge is 2.17. The Bertz CT molecular complexity index is 1010. The molecule has 1 aromatic carbocycles. The van der Waals surface area contributed by atoms with Gasteiger partial charge in [0.15, 0.2) is 0 Å². The lowest BCUT2D eigenvalue weighted by Gasteiger charge is -2.17. The number of ether oxygens (including phenoxy) is 1. The van der Waals surface area contributed by atoms with Crippen molar-refractivity contribution >= 4 is 23.1 Å². The molecule has 0 saturated carbocycles. The molecule has 1 amide bonds. The minimum absolute atomic E-state index is 0.143. The number of nitrogens with one attached hydrogen (secondary N) is 1. The smallest absolute Gasteiger partial charge is 0.325 e. The van der Waals surface area contributed by atoms with Crippen molar-refractivity contribution in [3.8, 4) is 0 Å². The van der Waals surface area contributed by atoms with Crippen LogP contribution < -0.4 is 10.2 Å². The minimum atomic E-state index is -0.449. The van der Waals surface area contributed by atoms with E-state index >= 15 is 0 Å². The Morgan fingerprint density at radius 3 is 2.35 bits per heavy atom. The Kier molecular flexibility index (Phi) is 7.53. The number of amides is 1. The monoisotopic (exact) mass is 430 g/mol. The number of carbonyl (C=O) groups excluding carboxylic acids is 2. The summed E-state index contributed by atoms with van der Waals surface area (Å²) in [4.78, 5) is 25.9. The number of esters is 1. The second-order valence-corrected chi connectivity index (χ2v) is 6.89. The second-order valence-electron chi connectivity index (χ2n) is 6.89. The maximum Gasteiger partial charge on any atom is 0.325 e. The van der Waals surface area contributed by atoms with Gasteiger partial charge in [-0.3, -0.25) is 9.59 Å². The standard InChI is InChI=1S/C16H20N4O3.C6H4F2/c1-2-23-15(21)11-17-16(22)13-10-18-20-8-5-12(9-14(13)20)19-6-3-4-7-19;7-5-1-2-6(8)4-3-5/h5,8-10H,2-4,6-7,11H2,1H3,(H,17,22);1-4H. The van der Waals surface area contributed by atoms with E-state index in [1.807, 2.05) is 18.3 Å². The van der Waals surface area contributed by atoms with Crippen molar-refractivity contribution in [2.45, 2.75) is 19.8 Å². The highest BCUT2D eigenvalue weighted by molar-refractivity contribution is 6.02. The van der Waals surface area contributed by atoms with Crippen molar-refractivity contribution in [2.75, 3.05) is 31.1 Å². The molecule has 4 rings (SSSR count). The largest absolute Gasteiger partial charge is 0.465 e. The van der Waals surface area contributed by atoms with Crippen molar-refractivity contribution in [3.63, 3.8) is 0 Å². The van der Waals surface area contributed by atoms with Crippen LogP contribution in [0.4, 0.5) is 14.5 Å². The van der Waals surface area contributed by atoms with Gasteiger partial charge in [-0.1, -0.05) is 0 Å².